The van der Waals surface area contributed by atoms with Crippen molar-refractivity contribution >= 4 is 29.8 Å². The smallest absolute Gasteiger partial charge is 0.322 e. The van der Waals surface area contributed by atoms with E-state index in [-0.39, 0.29) is 5.56 Å². The lowest BCUT2D eigenvalue weighted by molar-refractivity contribution is -0.141. The molecule has 1 aromatic carbocycles. The highest BCUT2D eigenvalue weighted by Gasteiger charge is 2.54. The number of halogens is 2. The second kappa shape index (κ2) is 7.78. The number of imide groups is 2. The van der Waals surface area contributed by atoms with E-state index in [1.54, 1.807) is 0 Å². The van der Waals surface area contributed by atoms with Gasteiger partial charge in [0.25, 0.3) is 17.7 Å². The van der Waals surface area contributed by atoms with Crippen LogP contribution in [0.5, 0.6) is 0 Å². The highest BCUT2D eigenvalue weighted by Crippen LogP contribution is 2.36. The first-order valence-corrected chi connectivity index (χ1v) is 10.5. The first-order chi connectivity index (χ1) is 15.5. The van der Waals surface area contributed by atoms with Gasteiger partial charge >= 0.3 is 12.1 Å². The van der Waals surface area contributed by atoms with Crippen LogP contribution in [0.4, 0.5) is 18.4 Å². The van der Waals surface area contributed by atoms with E-state index < -0.39 is 59.0 Å². The Balaban J connectivity index is 1.45. The van der Waals surface area contributed by atoms with Crippen molar-refractivity contribution in [3.8, 4) is 0 Å². The third-order valence-electron chi connectivity index (χ3n) is 6.60. The second-order valence-electron chi connectivity index (χ2n) is 8.95. The van der Waals surface area contributed by atoms with Crippen LogP contribution in [0.25, 0.3) is 0 Å². The second-order valence-corrected chi connectivity index (χ2v) is 8.95. The maximum atomic E-state index is 13.7. The number of hydrogen-bond donors (Lipinski definition) is 3. The summed E-state index contributed by atoms with van der Waals surface area (Å²) in [6, 6.07) is 1.04. The Morgan fingerprint density at radius 2 is 1.73 bits per heavy atom. The van der Waals surface area contributed by atoms with Gasteiger partial charge in [-0.3, -0.25) is 24.7 Å². The van der Waals surface area contributed by atoms with Crippen molar-refractivity contribution in [2.45, 2.75) is 50.6 Å². The lowest BCUT2D eigenvalue weighted by atomic mass is 9.77. The number of nitrogens with one attached hydrogen (secondary N) is 3. The summed E-state index contributed by atoms with van der Waals surface area (Å²) in [6.07, 6.45) is 2.40. The molecule has 1 aliphatic carbocycles. The number of hydrazine groups is 1. The number of rotatable bonds is 4. The molecule has 2 saturated heterocycles. The first kappa shape index (κ1) is 22.6. The molecule has 7 amide bonds. The van der Waals surface area contributed by atoms with Crippen LogP contribution in [-0.4, -0.2) is 51.8 Å². The standard InChI is InChI=1S/C21H23F2N5O5/c1-11-5-7-21(8-6-11)17(31)28(19(33)25-21)26-15(29)10-27-16(30)20(2,24-18(27)32)12-3-4-13(22)14(23)9-12/h3-4,9,11H,5-8,10H2,1-2H3,(H,24,32)(H,25,33)(H,26,29). The van der Waals surface area contributed by atoms with Gasteiger partial charge in [-0.25, -0.2) is 18.4 Å². The fraction of sp³-hybridized carbons (Fsp3) is 0.476. The van der Waals surface area contributed by atoms with Crippen molar-refractivity contribution in [2.75, 3.05) is 6.54 Å². The van der Waals surface area contributed by atoms with Gasteiger partial charge in [-0.1, -0.05) is 13.0 Å². The average molecular weight is 463 g/mol. The molecule has 1 aromatic rings. The summed E-state index contributed by atoms with van der Waals surface area (Å²) >= 11 is 0. The number of nitrogens with zero attached hydrogens (tertiary/aromatic N) is 2. The van der Waals surface area contributed by atoms with Crippen molar-refractivity contribution < 1.29 is 32.8 Å². The van der Waals surface area contributed by atoms with Gasteiger partial charge in [0.2, 0.25) is 0 Å². The Kier molecular flexibility index (Phi) is 5.33. The number of carbonyl (C=O) groups is 5. The number of urea groups is 2. The van der Waals surface area contributed by atoms with Crippen molar-refractivity contribution in [3.05, 3.63) is 35.4 Å². The average Bonchev–Trinajstić information content (AvgIpc) is 3.12. The van der Waals surface area contributed by atoms with Crippen LogP contribution in [0.2, 0.25) is 0 Å². The minimum absolute atomic E-state index is 0.00905. The van der Waals surface area contributed by atoms with Crippen LogP contribution in [-0.2, 0) is 19.9 Å². The molecule has 10 nitrogen and oxygen atoms in total. The Bertz CT molecular complexity index is 1070. The molecule has 2 aliphatic heterocycles. The maximum Gasteiger partial charge on any atom is 0.344 e. The molecular formula is C21H23F2N5O5. The summed E-state index contributed by atoms with van der Waals surface area (Å²) in [6.45, 7) is 2.56. The quantitative estimate of drug-likeness (QED) is 0.580. The fourth-order valence-electron chi connectivity index (χ4n) is 4.46. The molecule has 1 unspecified atom stereocenters. The molecular weight excluding hydrogens is 440 g/mol. The predicted octanol–water partition coefficient (Wildman–Crippen LogP) is 1.26. The predicted molar refractivity (Wildman–Crippen MR) is 108 cm³/mol. The van der Waals surface area contributed by atoms with Gasteiger partial charge < -0.3 is 10.6 Å². The molecule has 3 aliphatic rings. The number of hydrogen-bond acceptors (Lipinski definition) is 5. The van der Waals surface area contributed by atoms with Gasteiger partial charge in [-0.05, 0) is 56.2 Å². The molecule has 4 rings (SSSR count). The summed E-state index contributed by atoms with van der Waals surface area (Å²) in [4.78, 5) is 63.6. The van der Waals surface area contributed by atoms with Gasteiger partial charge in [0.1, 0.15) is 17.6 Å². The van der Waals surface area contributed by atoms with E-state index in [1.165, 1.54) is 6.92 Å². The van der Waals surface area contributed by atoms with Crippen molar-refractivity contribution in [1.82, 2.24) is 26.0 Å². The highest BCUT2D eigenvalue weighted by atomic mass is 19.2. The molecule has 2 heterocycles. The molecule has 33 heavy (non-hydrogen) atoms. The summed E-state index contributed by atoms with van der Waals surface area (Å²) in [7, 11) is 0. The fourth-order valence-corrected chi connectivity index (χ4v) is 4.46. The Morgan fingerprint density at radius 1 is 1.06 bits per heavy atom. The minimum Gasteiger partial charge on any atom is -0.322 e. The third kappa shape index (κ3) is 3.68. The topological polar surface area (TPSA) is 128 Å². The molecule has 0 bridgehead atoms. The Labute approximate surface area is 187 Å². The van der Waals surface area contributed by atoms with Crippen molar-refractivity contribution in [3.63, 3.8) is 0 Å². The summed E-state index contributed by atoms with van der Waals surface area (Å²) in [5.74, 6) is -4.30. The summed E-state index contributed by atoms with van der Waals surface area (Å²) in [5.41, 5.74) is -0.640. The van der Waals surface area contributed by atoms with E-state index in [0.717, 1.165) is 31.0 Å². The molecule has 0 aromatic heterocycles. The van der Waals surface area contributed by atoms with Crippen LogP contribution in [0.15, 0.2) is 18.2 Å². The monoisotopic (exact) mass is 463 g/mol. The molecule has 12 heteroatoms. The van der Waals surface area contributed by atoms with Crippen LogP contribution >= 0.6 is 0 Å². The largest absolute Gasteiger partial charge is 0.344 e. The number of carbonyl (C=O) groups excluding carboxylic acids is 5. The van der Waals surface area contributed by atoms with Crippen molar-refractivity contribution in [2.24, 2.45) is 5.92 Å². The minimum atomic E-state index is -1.73. The van der Waals surface area contributed by atoms with Gasteiger partial charge in [0.05, 0.1) is 0 Å². The van der Waals surface area contributed by atoms with E-state index in [2.05, 4.69) is 23.0 Å². The number of amides is 7. The van der Waals surface area contributed by atoms with Gasteiger partial charge in [-0.15, -0.1) is 0 Å². The van der Waals surface area contributed by atoms with Crippen LogP contribution < -0.4 is 16.1 Å². The third-order valence-corrected chi connectivity index (χ3v) is 6.60. The summed E-state index contributed by atoms with van der Waals surface area (Å²) < 4.78 is 26.9. The van der Waals surface area contributed by atoms with Gasteiger partial charge in [0, 0.05) is 0 Å². The molecule has 3 fully saturated rings. The Morgan fingerprint density at radius 3 is 2.36 bits per heavy atom. The first-order valence-electron chi connectivity index (χ1n) is 10.5. The van der Waals surface area contributed by atoms with E-state index >= 15 is 0 Å². The SMILES string of the molecule is CC1CCC2(CC1)NC(=O)N(NC(=O)CN1C(=O)NC(C)(c3ccc(F)c(F)c3)C1=O)C2=O. The molecule has 1 spiro atoms. The zero-order chi connectivity index (χ0) is 24.1. The maximum absolute atomic E-state index is 13.7. The molecule has 1 saturated carbocycles. The zero-order valence-electron chi connectivity index (χ0n) is 18.0. The molecule has 1 atom stereocenters. The highest BCUT2D eigenvalue weighted by molar-refractivity contribution is 6.10. The molecule has 176 valence electrons. The van der Waals surface area contributed by atoms with E-state index in [9.17, 15) is 32.8 Å². The number of benzene rings is 1. The zero-order valence-corrected chi connectivity index (χ0v) is 18.0. The normalized spacial score (nSPS) is 29.5. The van der Waals surface area contributed by atoms with E-state index in [1.807, 2.05) is 0 Å². The van der Waals surface area contributed by atoms with Gasteiger partial charge in [-0.2, -0.15) is 5.01 Å². The molecule has 0 radical (unpaired) electrons. The molecule has 3 N–H and O–H groups in total. The van der Waals surface area contributed by atoms with E-state index in [0.29, 0.717) is 28.7 Å². The lowest BCUT2D eigenvalue weighted by Crippen LogP contribution is -2.53. The van der Waals surface area contributed by atoms with Crippen LogP contribution in [0.1, 0.15) is 45.1 Å². The van der Waals surface area contributed by atoms with Crippen molar-refractivity contribution in [1.29, 1.82) is 0 Å². The van der Waals surface area contributed by atoms with Gasteiger partial charge in [0.15, 0.2) is 11.6 Å². The van der Waals surface area contributed by atoms with Crippen LogP contribution in [0.3, 0.4) is 0 Å². The summed E-state index contributed by atoms with van der Waals surface area (Å²) in [5, 5.41) is 5.59. The Hall–Kier alpha value is -3.57. The van der Waals surface area contributed by atoms with Crippen LogP contribution in [0, 0.1) is 17.6 Å². The lowest BCUT2D eigenvalue weighted by Gasteiger charge is -2.33. The van der Waals surface area contributed by atoms with E-state index in [4.69, 9.17) is 0 Å².